The molecule has 1 fully saturated rings. The van der Waals surface area contributed by atoms with E-state index in [1.807, 2.05) is 6.92 Å². The second-order valence-corrected chi connectivity index (χ2v) is 4.99. The van der Waals surface area contributed by atoms with Crippen LogP contribution in [0.1, 0.15) is 37.7 Å². The Kier molecular flexibility index (Phi) is 3.98. The summed E-state index contributed by atoms with van der Waals surface area (Å²) in [6.45, 7) is 2.07. The summed E-state index contributed by atoms with van der Waals surface area (Å²) in [5, 5.41) is 13.1. The largest absolute Gasteiger partial charge is 0.394 e. The molecule has 0 amide bonds. The predicted octanol–water partition coefficient (Wildman–Crippen LogP) is 1.18. The van der Waals surface area contributed by atoms with Crippen LogP contribution in [0, 0.1) is 6.92 Å². The summed E-state index contributed by atoms with van der Waals surface area (Å²) in [6.07, 6.45) is 7.18. The molecule has 100 valence electrons. The van der Waals surface area contributed by atoms with Crippen molar-refractivity contribution in [1.29, 1.82) is 0 Å². The van der Waals surface area contributed by atoms with Gasteiger partial charge in [-0.1, -0.05) is 19.3 Å². The molecule has 0 spiro atoms. The number of aliphatic hydroxyl groups excluding tert-OH is 1. The van der Waals surface area contributed by atoms with Crippen molar-refractivity contribution < 1.29 is 5.11 Å². The highest BCUT2D eigenvalue weighted by Gasteiger charge is 2.32. The van der Waals surface area contributed by atoms with Crippen molar-refractivity contribution in [3.63, 3.8) is 0 Å². The number of aromatic nitrogens is 2. The van der Waals surface area contributed by atoms with Gasteiger partial charge in [0.15, 0.2) is 0 Å². The summed E-state index contributed by atoms with van der Waals surface area (Å²) < 4.78 is 0. The van der Waals surface area contributed by atoms with Crippen LogP contribution in [-0.2, 0) is 0 Å². The van der Waals surface area contributed by atoms with Gasteiger partial charge in [-0.05, 0) is 19.8 Å². The molecule has 1 saturated carbocycles. The first kappa shape index (κ1) is 13.0. The minimum Gasteiger partial charge on any atom is -0.394 e. The molecule has 1 heterocycles. The van der Waals surface area contributed by atoms with Crippen LogP contribution < -0.4 is 16.6 Å². The van der Waals surface area contributed by atoms with Gasteiger partial charge in [-0.2, -0.15) is 4.98 Å². The van der Waals surface area contributed by atoms with Crippen molar-refractivity contribution in [2.24, 2.45) is 5.84 Å². The molecule has 0 atom stereocenters. The van der Waals surface area contributed by atoms with Gasteiger partial charge < -0.3 is 10.4 Å². The first-order valence-electron chi connectivity index (χ1n) is 6.38. The van der Waals surface area contributed by atoms with Crippen LogP contribution in [0.25, 0.3) is 0 Å². The van der Waals surface area contributed by atoms with Gasteiger partial charge in [0.25, 0.3) is 0 Å². The molecule has 0 aromatic carbocycles. The van der Waals surface area contributed by atoms with Gasteiger partial charge in [0, 0.05) is 11.8 Å². The SMILES string of the molecule is Cc1cnc(NN)nc1NC1(CO)CCCCC1. The van der Waals surface area contributed by atoms with Gasteiger partial charge in [0.05, 0.1) is 12.1 Å². The zero-order valence-electron chi connectivity index (χ0n) is 10.7. The Morgan fingerprint density at radius 3 is 2.72 bits per heavy atom. The quantitative estimate of drug-likeness (QED) is 0.474. The number of nitrogens with zero attached hydrogens (tertiary/aromatic N) is 2. The molecule has 6 heteroatoms. The molecule has 0 aliphatic heterocycles. The van der Waals surface area contributed by atoms with Gasteiger partial charge in [0.1, 0.15) is 5.82 Å². The lowest BCUT2D eigenvalue weighted by Crippen LogP contribution is -2.44. The fraction of sp³-hybridized carbons (Fsp3) is 0.667. The van der Waals surface area contributed by atoms with Crippen LogP contribution in [-0.4, -0.2) is 27.2 Å². The van der Waals surface area contributed by atoms with E-state index in [1.54, 1.807) is 6.20 Å². The number of nitrogen functional groups attached to an aromatic ring is 1. The van der Waals surface area contributed by atoms with E-state index in [9.17, 15) is 5.11 Å². The number of anilines is 2. The molecule has 18 heavy (non-hydrogen) atoms. The molecular weight excluding hydrogens is 230 g/mol. The summed E-state index contributed by atoms with van der Waals surface area (Å²) in [5.41, 5.74) is 3.14. The summed E-state index contributed by atoms with van der Waals surface area (Å²) >= 11 is 0. The summed E-state index contributed by atoms with van der Waals surface area (Å²) in [6, 6.07) is 0. The third kappa shape index (κ3) is 2.70. The van der Waals surface area contributed by atoms with Gasteiger partial charge in [-0.15, -0.1) is 0 Å². The van der Waals surface area contributed by atoms with Crippen molar-refractivity contribution in [2.45, 2.75) is 44.6 Å². The maximum absolute atomic E-state index is 9.67. The molecule has 1 aliphatic carbocycles. The first-order valence-corrected chi connectivity index (χ1v) is 6.38. The number of aliphatic hydroxyl groups is 1. The van der Waals surface area contributed by atoms with Crippen LogP contribution in [0.2, 0.25) is 0 Å². The lowest BCUT2D eigenvalue weighted by molar-refractivity contribution is 0.172. The Bertz CT molecular complexity index is 403. The molecule has 0 radical (unpaired) electrons. The molecule has 6 nitrogen and oxygen atoms in total. The zero-order valence-corrected chi connectivity index (χ0v) is 10.7. The number of aryl methyl sites for hydroxylation is 1. The van der Waals surface area contributed by atoms with E-state index in [0.717, 1.165) is 37.1 Å². The number of nitrogens with one attached hydrogen (secondary N) is 2. The van der Waals surface area contributed by atoms with Crippen LogP contribution in [0.15, 0.2) is 6.20 Å². The van der Waals surface area contributed by atoms with Crippen molar-refractivity contribution in [2.75, 3.05) is 17.3 Å². The molecule has 0 bridgehead atoms. The second-order valence-electron chi connectivity index (χ2n) is 4.99. The number of hydrogen-bond acceptors (Lipinski definition) is 6. The molecule has 1 aromatic rings. The highest BCUT2D eigenvalue weighted by molar-refractivity contribution is 5.48. The molecule has 1 aliphatic rings. The van der Waals surface area contributed by atoms with Crippen molar-refractivity contribution in [3.05, 3.63) is 11.8 Å². The smallest absolute Gasteiger partial charge is 0.239 e. The molecule has 2 rings (SSSR count). The van der Waals surface area contributed by atoms with E-state index >= 15 is 0 Å². The Hall–Kier alpha value is -1.40. The number of hydrazine groups is 1. The lowest BCUT2D eigenvalue weighted by Gasteiger charge is -2.37. The van der Waals surface area contributed by atoms with E-state index in [-0.39, 0.29) is 12.1 Å². The molecule has 5 N–H and O–H groups in total. The van der Waals surface area contributed by atoms with Gasteiger partial charge >= 0.3 is 0 Å². The zero-order chi connectivity index (χ0) is 13.0. The molecule has 1 aromatic heterocycles. The topological polar surface area (TPSA) is 96.1 Å². The van der Waals surface area contributed by atoms with E-state index in [0.29, 0.717) is 5.95 Å². The Labute approximate surface area is 107 Å². The standard InChI is InChI=1S/C12H21N5O/c1-9-7-14-11(17-13)15-10(9)16-12(8-18)5-3-2-4-6-12/h7,18H,2-6,8,13H2,1H3,(H2,14,15,16,17). The van der Waals surface area contributed by atoms with Crippen molar-refractivity contribution in [1.82, 2.24) is 9.97 Å². The maximum Gasteiger partial charge on any atom is 0.239 e. The fourth-order valence-electron chi connectivity index (χ4n) is 2.44. The van der Waals surface area contributed by atoms with Crippen LogP contribution in [0.4, 0.5) is 11.8 Å². The van der Waals surface area contributed by atoms with Crippen molar-refractivity contribution in [3.8, 4) is 0 Å². The average Bonchev–Trinajstić information content (AvgIpc) is 2.42. The monoisotopic (exact) mass is 251 g/mol. The predicted molar refractivity (Wildman–Crippen MR) is 71.1 cm³/mol. The Balaban J connectivity index is 2.20. The Morgan fingerprint density at radius 2 is 2.11 bits per heavy atom. The summed E-state index contributed by atoms with van der Waals surface area (Å²) in [7, 11) is 0. The first-order chi connectivity index (χ1) is 8.69. The average molecular weight is 251 g/mol. The third-order valence-electron chi connectivity index (χ3n) is 3.60. The minimum atomic E-state index is -0.247. The molecule has 0 saturated heterocycles. The van der Waals surface area contributed by atoms with Gasteiger partial charge in [0.2, 0.25) is 5.95 Å². The molecular formula is C12H21N5O. The van der Waals surface area contributed by atoms with Crippen LogP contribution in [0.5, 0.6) is 0 Å². The van der Waals surface area contributed by atoms with Crippen LogP contribution in [0.3, 0.4) is 0 Å². The Morgan fingerprint density at radius 1 is 1.39 bits per heavy atom. The maximum atomic E-state index is 9.67. The lowest BCUT2D eigenvalue weighted by atomic mass is 9.82. The van der Waals surface area contributed by atoms with Crippen LogP contribution >= 0.6 is 0 Å². The third-order valence-corrected chi connectivity index (χ3v) is 3.60. The number of hydrogen-bond donors (Lipinski definition) is 4. The second kappa shape index (κ2) is 5.49. The van der Waals surface area contributed by atoms with E-state index in [4.69, 9.17) is 5.84 Å². The normalized spacial score (nSPS) is 18.4. The summed E-state index contributed by atoms with van der Waals surface area (Å²) in [4.78, 5) is 8.36. The van der Waals surface area contributed by atoms with E-state index in [2.05, 4.69) is 20.7 Å². The highest BCUT2D eigenvalue weighted by atomic mass is 16.3. The highest BCUT2D eigenvalue weighted by Crippen LogP contribution is 2.31. The minimum absolute atomic E-state index is 0.127. The summed E-state index contributed by atoms with van der Waals surface area (Å²) in [5.74, 6) is 6.44. The van der Waals surface area contributed by atoms with E-state index < -0.39 is 0 Å². The molecule has 0 unspecified atom stereocenters. The van der Waals surface area contributed by atoms with E-state index in [1.165, 1.54) is 6.42 Å². The van der Waals surface area contributed by atoms with Gasteiger partial charge in [-0.3, -0.25) is 5.43 Å². The fourth-order valence-corrected chi connectivity index (χ4v) is 2.44. The van der Waals surface area contributed by atoms with Crippen molar-refractivity contribution >= 4 is 11.8 Å². The van der Waals surface area contributed by atoms with Gasteiger partial charge in [-0.25, -0.2) is 10.8 Å². The number of nitrogens with two attached hydrogens (primary N) is 1. The number of rotatable bonds is 4.